The zero-order chi connectivity index (χ0) is 33.9. The third kappa shape index (κ3) is 8.27. The Labute approximate surface area is 270 Å². The van der Waals surface area contributed by atoms with Gasteiger partial charge in [0, 0.05) is 23.9 Å². The first-order valence-corrected chi connectivity index (χ1v) is 16.7. The number of ether oxygens (including phenoxy) is 5. The normalized spacial score (nSPS) is 43.8. The molecule has 13 atom stereocenters. The molecule has 0 aromatic rings. The highest BCUT2D eigenvalue weighted by Gasteiger charge is 2.55. The van der Waals surface area contributed by atoms with Crippen LogP contribution >= 0.6 is 0 Å². The van der Waals surface area contributed by atoms with E-state index < -0.39 is 59.6 Å². The highest BCUT2D eigenvalue weighted by atomic mass is 16.7. The van der Waals surface area contributed by atoms with Gasteiger partial charge in [0.2, 0.25) is 0 Å². The number of amides is 1. The highest BCUT2D eigenvalue weighted by molar-refractivity contribution is 6.00. The summed E-state index contributed by atoms with van der Waals surface area (Å²) in [6.45, 7) is 22.0. The largest absolute Gasteiger partial charge is 0.458 e. The van der Waals surface area contributed by atoms with Gasteiger partial charge in [-0.05, 0) is 80.4 Å². The number of alkyl carbamates (subject to hydrolysis) is 1. The van der Waals surface area contributed by atoms with Gasteiger partial charge in [-0.25, -0.2) is 4.79 Å². The lowest BCUT2D eigenvalue weighted by Crippen LogP contribution is -2.60. The van der Waals surface area contributed by atoms with Gasteiger partial charge in [-0.1, -0.05) is 33.8 Å². The molecule has 0 aromatic heterocycles. The number of hydrogen-bond acceptors (Lipinski definition) is 10. The van der Waals surface area contributed by atoms with Crippen molar-refractivity contribution in [2.24, 2.45) is 23.7 Å². The van der Waals surface area contributed by atoms with Crippen molar-refractivity contribution in [2.45, 2.75) is 136 Å². The number of esters is 1. The van der Waals surface area contributed by atoms with E-state index >= 15 is 0 Å². The van der Waals surface area contributed by atoms with Crippen molar-refractivity contribution < 1.29 is 38.1 Å². The molecule has 0 radical (unpaired) electrons. The molecule has 3 aliphatic heterocycles. The van der Waals surface area contributed by atoms with Crippen LogP contribution in [0.1, 0.15) is 81.6 Å². The van der Waals surface area contributed by atoms with Crippen LogP contribution in [0.5, 0.6) is 0 Å². The summed E-state index contributed by atoms with van der Waals surface area (Å²) in [7, 11) is 4.11. The van der Waals surface area contributed by atoms with Gasteiger partial charge in [-0.3, -0.25) is 9.59 Å². The smallest absolute Gasteiger partial charge is 0.408 e. The van der Waals surface area contributed by atoms with Crippen LogP contribution in [0.25, 0.3) is 0 Å². The van der Waals surface area contributed by atoms with Crippen LogP contribution in [0.4, 0.5) is 4.79 Å². The average Bonchev–Trinajstić information content (AvgIpc) is 3.30. The summed E-state index contributed by atoms with van der Waals surface area (Å²) in [5.41, 5.74) is -2.08. The van der Waals surface area contributed by atoms with Crippen LogP contribution in [-0.4, -0.2) is 104 Å². The number of nitrogens with one attached hydrogen (secondary N) is 2. The number of cyclic esters (lactones) is 1. The SMILES string of the molecule is C=CCO[C@]1(C)C[C@@H](C)CN[C@H](C)[C@H]2NC(=O)O[C@]2(C)[C@@H](CC)OC(=O)[C@H](C)C(=O)[C@@H](C)C1O[C@@H]1OC(C)CC(N(C)C)C1C. The standard InChI is InChI=1S/C34H59N3O8/c1-13-15-41-33(9)17-19(3)18-35-24(8)28-34(10,45-32(40)36-28)26(14-2)43-30(39)23(7)27(38)22(6)29(33)44-31-21(5)25(37(11)12)16-20(4)42-31/h13,19-26,28-29,31,35H,1,14-18H2,2-12H3,(H,36,40)/t19-,20?,21?,22-,23-,24-,25?,26-,28-,29?,31+,33-,34-/m1/s1. The highest BCUT2D eigenvalue weighted by Crippen LogP contribution is 2.39. The van der Waals surface area contributed by atoms with Crippen molar-refractivity contribution in [3.05, 3.63) is 12.7 Å². The van der Waals surface area contributed by atoms with Gasteiger partial charge in [0.05, 0.1) is 30.5 Å². The molecule has 0 spiro atoms. The molecular formula is C34H59N3O8. The quantitative estimate of drug-likeness (QED) is 0.240. The summed E-state index contributed by atoms with van der Waals surface area (Å²) in [6.07, 6.45) is 0.792. The van der Waals surface area contributed by atoms with Crippen LogP contribution < -0.4 is 10.6 Å². The zero-order valence-electron chi connectivity index (χ0n) is 29.4. The first-order valence-electron chi connectivity index (χ1n) is 16.7. The van der Waals surface area contributed by atoms with Gasteiger partial charge in [-0.2, -0.15) is 0 Å². The number of ketones is 1. The van der Waals surface area contributed by atoms with E-state index in [1.54, 1.807) is 26.8 Å². The summed E-state index contributed by atoms with van der Waals surface area (Å²) in [5, 5.41) is 6.50. The van der Waals surface area contributed by atoms with E-state index in [9.17, 15) is 14.4 Å². The van der Waals surface area contributed by atoms with Crippen molar-refractivity contribution in [3.8, 4) is 0 Å². The van der Waals surface area contributed by atoms with Crippen molar-refractivity contribution in [1.29, 1.82) is 0 Å². The first-order chi connectivity index (χ1) is 21.0. The van der Waals surface area contributed by atoms with Crippen LogP contribution in [0.2, 0.25) is 0 Å². The van der Waals surface area contributed by atoms with Gasteiger partial charge >= 0.3 is 12.1 Å². The number of Topliss-reactive ketones (excluding diaryl/α,β-unsaturated/α-hetero) is 1. The number of carbonyl (C=O) groups excluding carboxylic acids is 3. The Morgan fingerprint density at radius 1 is 1.09 bits per heavy atom. The van der Waals surface area contributed by atoms with Crippen molar-refractivity contribution in [2.75, 3.05) is 27.2 Å². The number of fused-ring (bicyclic) bond motifs is 1. The number of carbonyl (C=O) groups is 3. The first kappa shape index (κ1) is 37.4. The van der Waals surface area contributed by atoms with Crippen molar-refractivity contribution >= 4 is 17.8 Å². The maximum atomic E-state index is 14.2. The molecule has 3 aliphatic rings. The van der Waals surface area contributed by atoms with Gasteiger partial charge in [0.15, 0.2) is 17.7 Å². The Kier molecular flexibility index (Phi) is 12.7. The Hall–Kier alpha value is -2.05. The summed E-state index contributed by atoms with van der Waals surface area (Å²) in [4.78, 5) is 42.5. The second-order valence-corrected chi connectivity index (χ2v) is 14.4. The van der Waals surface area contributed by atoms with Crippen LogP contribution in [0, 0.1) is 23.7 Å². The lowest BCUT2D eigenvalue weighted by atomic mass is 9.78. The molecule has 2 N–H and O–H groups in total. The van der Waals surface area contributed by atoms with E-state index in [2.05, 4.69) is 50.1 Å². The molecular weight excluding hydrogens is 578 g/mol. The summed E-state index contributed by atoms with van der Waals surface area (Å²) >= 11 is 0. The fraction of sp³-hybridized carbons (Fsp3) is 0.853. The molecule has 3 rings (SSSR count). The van der Waals surface area contributed by atoms with Gasteiger partial charge in [0.25, 0.3) is 0 Å². The Morgan fingerprint density at radius 3 is 2.36 bits per heavy atom. The predicted octanol–water partition coefficient (Wildman–Crippen LogP) is 4.08. The topological polar surface area (TPSA) is 125 Å². The summed E-state index contributed by atoms with van der Waals surface area (Å²) in [5.74, 6) is -2.73. The Bertz CT molecular complexity index is 1060. The van der Waals surface area contributed by atoms with E-state index in [0.29, 0.717) is 19.4 Å². The van der Waals surface area contributed by atoms with Gasteiger partial charge < -0.3 is 39.2 Å². The molecule has 258 valence electrons. The van der Waals surface area contributed by atoms with E-state index in [1.807, 2.05) is 27.7 Å². The molecule has 0 saturated carbocycles. The van der Waals surface area contributed by atoms with Crippen LogP contribution in [0.15, 0.2) is 12.7 Å². The fourth-order valence-corrected chi connectivity index (χ4v) is 7.65. The summed E-state index contributed by atoms with van der Waals surface area (Å²) < 4.78 is 31.6. The monoisotopic (exact) mass is 637 g/mol. The minimum atomic E-state index is -1.13. The summed E-state index contributed by atoms with van der Waals surface area (Å²) in [6, 6.07) is -0.463. The molecule has 3 heterocycles. The minimum Gasteiger partial charge on any atom is -0.458 e. The second-order valence-electron chi connectivity index (χ2n) is 14.4. The lowest BCUT2D eigenvalue weighted by molar-refractivity contribution is -0.282. The average molecular weight is 638 g/mol. The molecule has 0 aliphatic carbocycles. The molecule has 45 heavy (non-hydrogen) atoms. The van der Waals surface area contributed by atoms with Gasteiger partial charge in [0.1, 0.15) is 12.0 Å². The molecule has 11 nitrogen and oxygen atoms in total. The molecule has 0 bridgehead atoms. The number of hydrogen-bond donors (Lipinski definition) is 2. The Balaban J connectivity index is 2.07. The third-order valence-electron chi connectivity index (χ3n) is 10.3. The van der Waals surface area contributed by atoms with Crippen molar-refractivity contribution in [3.63, 3.8) is 0 Å². The Morgan fingerprint density at radius 2 is 1.76 bits per heavy atom. The van der Waals surface area contributed by atoms with Crippen molar-refractivity contribution in [1.82, 2.24) is 15.5 Å². The lowest BCUT2D eigenvalue weighted by Gasteiger charge is -2.47. The predicted molar refractivity (Wildman–Crippen MR) is 172 cm³/mol. The van der Waals surface area contributed by atoms with Crippen LogP contribution in [-0.2, 0) is 33.3 Å². The zero-order valence-corrected chi connectivity index (χ0v) is 29.4. The van der Waals surface area contributed by atoms with E-state index in [0.717, 1.165) is 6.42 Å². The van der Waals surface area contributed by atoms with Crippen LogP contribution in [0.3, 0.4) is 0 Å². The number of rotatable bonds is 7. The molecule has 0 aromatic carbocycles. The van der Waals surface area contributed by atoms with E-state index in [1.165, 1.54) is 0 Å². The van der Waals surface area contributed by atoms with E-state index in [-0.39, 0.29) is 42.4 Å². The number of nitrogens with zero attached hydrogens (tertiary/aromatic N) is 1. The molecule has 4 unspecified atom stereocenters. The molecule has 3 fully saturated rings. The second kappa shape index (κ2) is 15.2. The van der Waals surface area contributed by atoms with Gasteiger partial charge in [-0.15, -0.1) is 6.58 Å². The third-order valence-corrected chi connectivity index (χ3v) is 10.3. The minimum absolute atomic E-state index is 0.0155. The maximum absolute atomic E-state index is 14.2. The molecule has 1 amide bonds. The maximum Gasteiger partial charge on any atom is 0.408 e. The molecule has 3 saturated heterocycles. The molecule has 11 heteroatoms. The fourth-order valence-electron chi connectivity index (χ4n) is 7.65. The van der Waals surface area contributed by atoms with E-state index in [4.69, 9.17) is 23.7 Å².